The van der Waals surface area contributed by atoms with E-state index in [2.05, 4.69) is 5.32 Å². The van der Waals surface area contributed by atoms with Crippen LogP contribution in [0.2, 0.25) is 10.0 Å². The van der Waals surface area contributed by atoms with Crippen molar-refractivity contribution in [2.24, 2.45) is 0 Å². The summed E-state index contributed by atoms with van der Waals surface area (Å²) in [6.07, 6.45) is 0.416. The highest BCUT2D eigenvalue weighted by Crippen LogP contribution is 2.34. The molecule has 6 nitrogen and oxygen atoms in total. The van der Waals surface area contributed by atoms with Crippen molar-refractivity contribution in [3.63, 3.8) is 0 Å². The molecule has 2 aliphatic heterocycles. The number of nitrogens with zero attached hydrogens (tertiary/aromatic N) is 1. The van der Waals surface area contributed by atoms with E-state index in [0.717, 1.165) is 6.54 Å². The van der Waals surface area contributed by atoms with E-state index in [1.54, 1.807) is 26.8 Å². The van der Waals surface area contributed by atoms with Crippen molar-refractivity contribution < 1.29 is 28.5 Å². The van der Waals surface area contributed by atoms with Gasteiger partial charge in [0.25, 0.3) is 0 Å². The van der Waals surface area contributed by atoms with Gasteiger partial charge >= 0.3 is 6.09 Å². The molecule has 10 heteroatoms. The Hall–Kier alpha value is -1.97. The van der Waals surface area contributed by atoms with E-state index >= 15 is 0 Å². The fourth-order valence-corrected chi connectivity index (χ4v) is 4.53. The highest BCUT2D eigenvalue weighted by atomic mass is 35.5. The molecule has 2 atom stereocenters. The van der Waals surface area contributed by atoms with Crippen LogP contribution in [0, 0.1) is 11.6 Å². The van der Waals surface area contributed by atoms with Crippen LogP contribution in [0.1, 0.15) is 44.7 Å². The average molecular weight is 531 g/mol. The maximum absolute atomic E-state index is 13.4. The standard InChI is InChI=1S/C15H19ClFNO3.C10H11ClFNO/c1-14(2,3)21-13(19)18-5-4-15(20,9-18)10-6-11(16)8-12(17)7-10;11-8-3-7(4-9(12)5-8)10(14)1-2-13-6-10/h6-8,20H,4-5,9H2,1-3H3;3-5,13-14H,1-2,6H2. The van der Waals surface area contributed by atoms with Crippen molar-refractivity contribution >= 4 is 29.3 Å². The number of hydrogen-bond donors (Lipinski definition) is 3. The third-order valence-corrected chi connectivity index (χ3v) is 6.27. The van der Waals surface area contributed by atoms with Gasteiger partial charge in [0.05, 0.1) is 6.54 Å². The zero-order valence-electron chi connectivity index (χ0n) is 19.9. The third-order valence-electron chi connectivity index (χ3n) is 5.83. The number of hydrogen-bond acceptors (Lipinski definition) is 5. The summed E-state index contributed by atoms with van der Waals surface area (Å²) in [5, 5.41) is 24.3. The second-order valence-electron chi connectivity index (χ2n) is 9.96. The van der Waals surface area contributed by atoms with Gasteiger partial charge in [0.1, 0.15) is 28.4 Å². The Bertz CT molecular complexity index is 1030. The van der Waals surface area contributed by atoms with E-state index in [9.17, 15) is 23.8 Å². The molecule has 2 fully saturated rings. The van der Waals surface area contributed by atoms with Crippen molar-refractivity contribution in [3.05, 3.63) is 69.2 Å². The van der Waals surface area contributed by atoms with E-state index in [-0.39, 0.29) is 11.6 Å². The predicted molar refractivity (Wildman–Crippen MR) is 131 cm³/mol. The highest BCUT2D eigenvalue weighted by molar-refractivity contribution is 6.30. The van der Waals surface area contributed by atoms with Crippen LogP contribution in [-0.2, 0) is 15.9 Å². The molecule has 2 saturated heterocycles. The van der Waals surface area contributed by atoms with Gasteiger partial charge in [-0.25, -0.2) is 13.6 Å². The first-order valence-electron chi connectivity index (χ1n) is 11.3. The number of rotatable bonds is 2. The van der Waals surface area contributed by atoms with Gasteiger partial charge < -0.3 is 25.2 Å². The van der Waals surface area contributed by atoms with E-state index in [0.29, 0.717) is 42.1 Å². The molecule has 192 valence electrons. The first-order valence-corrected chi connectivity index (χ1v) is 12.0. The number of aliphatic hydroxyl groups is 2. The molecule has 2 aliphatic rings. The van der Waals surface area contributed by atoms with Gasteiger partial charge in [-0.05, 0) is 87.7 Å². The van der Waals surface area contributed by atoms with Gasteiger partial charge in [-0.2, -0.15) is 0 Å². The molecule has 2 aromatic rings. The van der Waals surface area contributed by atoms with Crippen LogP contribution in [0.15, 0.2) is 36.4 Å². The Morgan fingerprint density at radius 2 is 1.51 bits per heavy atom. The van der Waals surface area contributed by atoms with Crippen molar-refractivity contribution in [1.29, 1.82) is 0 Å². The smallest absolute Gasteiger partial charge is 0.410 e. The average Bonchev–Trinajstić information content (AvgIpc) is 3.34. The fourth-order valence-electron chi connectivity index (χ4n) is 4.08. The Kier molecular flexibility index (Phi) is 8.34. The van der Waals surface area contributed by atoms with Crippen LogP contribution in [0.25, 0.3) is 0 Å². The predicted octanol–water partition coefficient (Wildman–Crippen LogP) is 4.97. The lowest BCUT2D eigenvalue weighted by Crippen LogP contribution is -2.38. The monoisotopic (exact) mass is 530 g/mol. The Labute approximate surface area is 213 Å². The number of carbonyl (C=O) groups excluding carboxylic acids is 1. The summed E-state index contributed by atoms with van der Waals surface area (Å²) in [4.78, 5) is 13.4. The van der Waals surface area contributed by atoms with Gasteiger partial charge in [0.15, 0.2) is 0 Å². The van der Waals surface area contributed by atoms with Crippen LogP contribution in [0.5, 0.6) is 0 Å². The summed E-state index contributed by atoms with van der Waals surface area (Å²) < 4.78 is 31.7. The molecule has 3 N–H and O–H groups in total. The minimum Gasteiger partial charge on any atom is -0.444 e. The zero-order valence-corrected chi connectivity index (χ0v) is 21.4. The minimum atomic E-state index is -1.30. The number of amides is 1. The summed E-state index contributed by atoms with van der Waals surface area (Å²) in [6.45, 7) is 6.93. The summed E-state index contributed by atoms with van der Waals surface area (Å²) in [5.41, 5.74) is -1.94. The van der Waals surface area contributed by atoms with Crippen molar-refractivity contribution in [1.82, 2.24) is 10.2 Å². The molecule has 2 aromatic carbocycles. The topological polar surface area (TPSA) is 82.0 Å². The molecule has 2 heterocycles. The van der Waals surface area contributed by atoms with Crippen molar-refractivity contribution in [2.45, 2.75) is 50.4 Å². The molecule has 0 aliphatic carbocycles. The van der Waals surface area contributed by atoms with Crippen LogP contribution >= 0.6 is 23.2 Å². The summed E-state index contributed by atoms with van der Waals surface area (Å²) in [6, 6.07) is 8.11. The fraction of sp³-hybridized carbons (Fsp3) is 0.480. The van der Waals surface area contributed by atoms with E-state index in [1.165, 1.54) is 35.2 Å². The molecule has 0 radical (unpaired) electrons. The number of carbonyl (C=O) groups is 1. The Balaban J connectivity index is 0.000000211. The maximum Gasteiger partial charge on any atom is 0.410 e. The summed E-state index contributed by atoms with van der Waals surface area (Å²) >= 11 is 11.5. The molecule has 0 bridgehead atoms. The van der Waals surface area contributed by atoms with E-state index in [4.69, 9.17) is 27.9 Å². The first kappa shape index (κ1) is 27.6. The third kappa shape index (κ3) is 7.27. The van der Waals surface area contributed by atoms with Crippen LogP contribution < -0.4 is 5.32 Å². The van der Waals surface area contributed by atoms with Crippen molar-refractivity contribution in [2.75, 3.05) is 26.2 Å². The number of nitrogens with one attached hydrogen (secondary N) is 1. The van der Waals surface area contributed by atoms with E-state index < -0.39 is 34.5 Å². The van der Waals surface area contributed by atoms with E-state index in [1.807, 2.05) is 0 Å². The zero-order chi connectivity index (χ0) is 26.0. The number of ether oxygens (including phenoxy) is 1. The van der Waals surface area contributed by atoms with Crippen molar-refractivity contribution in [3.8, 4) is 0 Å². The normalized spacial score (nSPS) is 24.2. The molecular weight excluding hydrogens is 501 g/mol. The second kappa shape index (κ2) is 10.6. The van der Waals surface area contributed by atoms with Gasteiger partial charge in [0.2, 0.25) is 0 Å². The van der Waals surface area contributed by atoms with Gasteiger partial charge in [-0.1, -0.05) is 23.2 Å². The summed E-state index contributed by atoms with van der Waals surface area (Å²) in [7, 11) is 0. The SMILES string of the molecule is CC(C)(C)OC(=O)N1CCC(O)(c2cc(F)cc(Cl)c2)C1.OC1(c2cc(F)cc(Cl)c2)CCNC1. The lowest BCUT2D eigenvalue weighted by Gasteiger charge is -2.26. The molecule has 35 heavy (non-hydrogen) atoms. The molecule has 0 spiro atoms. The van der Waals surface area contributed by atoms with Gasteiger partial charge in [-0.3, -0.25) is 0 Å². The second-order valence-corrected chi connectivity index (χ2v) is 10.8. The van der Waals surface area contributed by atoms with Crippen LogP contribution in [0.3, 0.4) is 0 Å². The Morgan fingerprint density at radius 3 is 1.97 bits per heavy atom. The Morgan fingerprint density at radius 1 is 0.971 bits per heavy atom. The molecule has 0 saturated carbocycles. The molecule has 2 unspecified atom stereocenters. The quantitative estimate of drug-likeness (QED) is 0.510. The lowest BCUT2D eigenvalue weighted by atomic mass is 9.93. The number of likely N-dealkylation sites (tertiary alicyclic amines) is 1. The van der Waals surface area contributed by atoms with Crippen LogP contribution in [-0.4, -0.2) is 53.0 Å². The molecule has 4 rings (SSSR count). The first-order chi connectivity index (χ1) is 16.2. The minimum absolute atomic E-state index is 0.0572. The largest absolute Gasteiger partial charge is 0.444 e. The molecule has 0 aromatic heterocycles. The number of halogens is 4. The highest BCUT2D eigenvalue weighted by Gasteiger charge is 2.41. The van der Waals surface area contributed by atoms with Crippen LogP contribution in [0.4, 0.5) is 13.6 Å². The summed E-state index contributed by atoms with van der Waals surface area (Å²) in [5.74, 6) is -0.922. The van der Waals surface area contributed by atoms with Gasteiger partial charge in [0, 0.05) is 23.1 Å². The lowest BCUT2D eigenvalue weighted by molar-refractivity contribution is 0.0139. The number of benzene rings is 2. The molecule has 1 amide bonds. The molecular formula is C25H30Cl2F2N2O4. The van der Waals surface area contributed by atoms with Gasteiger partial charge in [-0.15, -0.1) is 0 Å². The maximum atomic E-state index is 13.4. The number of β-amino-alcohol motifs (C(OH)–C–C–N with tert-alkyl or cyclic N) is 2.